The molecule has 0 aliphatic carbocycles. The molecule has 1 aromatic heterocycles. The molecular weight excluding hydrogens is 286 g/mol. The zero-order valence-corrected chi connectivity index (χ0v) is 11.4. The van der Waals surface area contributed by atoms with E-state index in [-0.39, 0.29) is 6.54 Å². The monoisotopic (exact) mass is 299 g/mol. The van der Waals surface area contributed by atoms with Gasteiger partial charge < -0.3 is 15.4 Å². The van der Waals surface area contributed by atoms with Gasteiger partial charge >= 0.3 is 12.0 Å². The Balaban J connectivity index is 2.22. The largest absolute Gasteiger partial charge is 0.454 e. The molecule has 0 atom stereocenters. The van der Waals surface area contributed by atoms with Crippen LogP contribution in [0.2, 0.25) is 0 Å². The maximum absolute atomic E-state index is 11.5. The molecule has 0 saturated carbocycles. The molecule has 1 heterocycles. The number of amides is 4. The summed E-state index contributed by atoms with van der Waals surface area (Å²) >= 11 is 1.24. The molecule has 1 rings (SSSR count). The second-order valence-electron chi connectivity index (χ2n) is 3.45. The summed E-state index contributed by atoms with van der Waals surface area (Å²) in [5.74, 6) is -1.93. The van der Waals surface area contributed by atoms with Crippen molar-refractivity contribution in [3.8, 4) is 0 Å². The van der Waals surface area contributed by atoms with Crippen molar-refractivity contribution in [1.82, 2.24) is 16.0 Å². The second-order valence-corrected chi connectivity index (χ2v) is 4.40. The van der Waals surface area contributed by atoms with Crippen molar-refractivity contribution in [2.45, 2.75) is 0 Å². The van der Waals surface area contributed by atoms with Crippen molar-refractivity contribution in [2.75, 3.05) is 20.2 Å². The van der Waals surface area contributed by atoms with Crippen molar-refractivity contribution in [2.24, 2.45) is 0 Å². The van der Waals surface area contributed by atoms with Crippen molar-refractivity contribution >= 4 is 35.2 Å². The fourth-order valence-corrected chi connectivity index (χ4v) is 1.71. The molecule has 3 N–H and O–H groups in total. The number of esters is 1. The number of nitrogens with one attached hydrogen (secondary N) is 3. The first kappa shape index (κ1) is 15.6. The van der Waals surface area contributed by atoms with E-state index in [1.165, 1.54) is 18.4 Å². The summed E-state index contributed by atoms with van der Waals surface area (Å²) in [5.41, 5.74) is 0. The fraction of sp³-hybridized carbons (Fsp3) is 0.273. The number of hydrogen-bond acceptors (Lipinski definition) is 6. The van der Waals surface area contributed by atoms with Crippen LogP contribution in [0.3, 0.4) is 0 Å². The highest BCUT2D eigenvalue weighted by molar-refractivity contribution is 7.12. The van der Waals surface area contributed by atoms with E-state index < -0.39 is 30.4 Å². The topological polar surface area (TPSA) is 114 Å². The lowest BCUT2D eigenvalue weighted by atomic mass is 10.4. The first-order valence-corrected chi connectivity index (χ1v) is 6.39. The Labute approximate surface area is 118 Å². The third-order valence-electron chi connectivity index (χ3n) is 1.98. The van der Waals surface area contributed by atoms with Crippen molar-refractivity contribution in [1.29, 1.82) is 0 Å². The van der Waals surface area contributed by atoms with E-state index in [9.17, 15) is 19.2 Å². The molecule has 0 bridgehead atoms. The van der Waals surface area contributed by atoms with Crippen molar-refractivity contribution < 1.29 is 23.9 Å². The SMILES string of the molecule is CNC(=O)NC(=O)COC(=O)CNC(=O)c1cccs1. The molecule has 0 aliphatic rings. The minimum Gasteiger partial charge on any atom is -0.454 e. The van der Waals surface area contributed by atoms with Crippen LogP contribution in [0, 0.1) is 0 Å². The van der Waals surface area contributed by atoms with Crippen molar-refractivity contribution in [3.05, 3.63) is 22.4 Å². The van der Waals surface area contributed by atoms with Crippen LogP contribution >= 0.6 is 11.3 Å². The molecule has 0 saturated heterocycles. The van der Waals surface area contributed by atoms with E-state index >= 15 is 0 Å². The summed E-state index contributed by atoms with van der Waals surface area (Å²) in [7, 11) is 1.34. The molecule has 9 heteroatoms. The van der Waals surface area contributed by atoms with E-state index in [4.69, 9.17) is 0 Å². The van der Waals surface area contributed by atoms with Gasteiger partial charge in [-0.3, -0.25) is 19.7 Å². The van der Waals surface area contributed by atoms with E-state index in [0.717, 1.165) is 0 Å². The van der Waals surface area contributed by atoms with Gasteiger partial charge in [-0.15, -0.1) is 11.3 Å². The number of hydrogen-bond donors (Lipinski definition) is 3. The lowest BCUT2D eigenvalue weighted by Gasteiger charge is -2.06. The predicted octanol–water partition coefficient (Wildman–Crippen LogP) is -0.523. The van der Waals surface area contributed by atoms with Crippen LogP contribution in [0.1, 0.15) is 9.67 Å². The van der Waals surface area contributed by atoms with Crippen LogP contribution in [0.5, 0.6) is 0 Å². The van der Waals surface area contributed by atoms with Crippen LogP contribution in [-0.4, -0.2) is 44.0 Å². The third kappa shape index (κ3) is 5.48. The summed E-state index contributed by atoms with van der Waals surface area (Å²) in [6.07, 6.45) is 0. The highest BCUT2D eigenvalue weighted by Crippen LogP contribution is 2.07. The minimum atomic E-state index is -0.776. The first-order chi connectivity index (χ1) is 9.52. The van der Waals surface area contributed by atoms with Gasteiger partial charge in [-0.25, -0.2) is 4.79 Å². The lowest BCUT2D eigenvalue weighted by Crippen LogP contribution is -2.40. The summed E-state index contributed by atoms with van der Waals surface area (Å²) < 4.78 is 4.57. The van der Waals surface area contributed by atoms with Gasteiger partial charge in [-0.05, 0) is 11.4 Å². The zero-order chi connectivity index (χ0) is 15.0. The smallest absolute Gasteiger partial charge is 0.325 e. The van der Waals surface area contributed by atoms with Gasteiger partial charge in [0, 0.05) is 7.05 Å². The number of carbonyl (C=O) groups excluding carboxylic acids is 4. The molecule has 108 valence electrons. The summed E-state index contributed by atoms with van der Waals surface area (Å²) in [4.78, 5) is 45.1. The van der Waals surface area contributed by atoms with E-state index in [2.05, 4.69) is 15.4 Å². The summed E-state index contributed by atoms with van der Waals surface area (Å²) in [6, 6.07) is 2.63. The van der Waals surface area contributed by atoms with E-state index in [1.807, 2.05) is 5.32 Å². The van der Waals surface area contributed by atoms with Gasteiger partial charge in [0.1, 0.15) is 6.54 Å². The number of ether oxygens (including phenoxy) is 1. The Hall–Kier alpha value is -2.42. The quantitative estimate of drug-likeness (QED) is 0.633. The highest BCUT2D eigenvalue weighted by atomic mass is 32.1. The number of imide groups is 1. The van der Waals surface area contributed by atoms with Gasteiger partial charge in [0.2, 0.25) is 0 Å². The van der Waals surface area contributed by atoms with E-state index in [0.29, 0.717) is 4.88 Å². The van der Waals surface area contributed by atoms with Crippen LogP contribution in [0.25, 0.3) is 0 Å². The second kappa shape index (κ2) is 7.89. The van der Waals surface area contributed by atoms with Crippen LogP contribution in [-0.2, 0) is 14.3 Å². The fourth-order valence-electron chi connectivity index (χ4n) is 1.07. The molecular formula is C11H13N3O5S. The number of thiophene rings is 1. The average molecular weight is 299 g/mol. The van der Waals surface area contributed by atoms with Crippen LogP contribution in [0.4, 0.5) is 4.79 Å². The van der Waals surface area contributed by atoms with E-state index in [1.54, 1.807) is 17.5 Å². The molecule has 20 heavy (non-hydrogen) atoms. The summed E-state index contributed by atoms with van der Waals surface area (Å²) in [6.45, 7) is -0.953. The van der Waals surface area contributed by atoms with Crippen LogP contribution < -0.4 is 16.0 Å². The van der Waals surface area contributed by atoms with Gasteiger partial charge in [0.05, 0.1) is 4.88 Å². The Bertz CT molecular complexity index is 500. The van der Waals surface area contributed by atoms with Gasteiger partial charge in [-0.2, -0.15) is 0 Å². The highest BCUT2D eigenvalue weighted by Gasteiger charge is 2.12. The Morgan fingerprint density at radius 1 is 1.30 bits per heavy atom. The normalized spacial score (nSPS) is 9.45. The summed E-state index contributed by atoms with van der Waals surface area (Å²) in [5, 5.41) is 8.17. The predicted molar refractivity (Wildman–Crippen MR) is 70.2 cm³/mol. The third-order valence-corrected chi connectivity index (χ3v) is 2.85. The molecule has 0 radical (unpaired) electrons. The Morgan fingerprint density at radius 3 is 2.65 bits per heavy atom. The maximum atomic E-state index is 11.5. The number of carbonyl (C=O) groups is 4. The minimum absolute atomic E-state index is 0.357. The van der Waals surface area contributed by atoms with Gasteiger partial charge in [0.25, 0.3) is 11.8 Å². The standard InChI is InChI=1S/C11H13N3O5S/c1-12-11(18)14-8(15)6-19-9(16)5-13-10(17)7-3-2-4-20-7/h2-4H,5-6H2,1H3,(H,13,17)(H2,12,14,15,18). The maximum Gasteiger partial charge on any atom is 0.325 e. The molecule has 0 fully saturated rings. The number of rotatable bonds is 5. The molecule has 4 amide bonds. The van der Waals surface area contributed by atoms with Gasteiger partial charge in [0.15, 0.2) is 6.61 Å². The first-order valence-electron chi connectivity index (χ1n) is 5.52. The number of urea groups is 1. The lowest BCUT2D eigenvalue weighted by molar-refractivity contribution is -0.147. The Kier molecular flexibility index (Phi) is 6.17. The molecule has 0 unspecified atom stereocenters. The van der Waals surface area contributed by atoms with Gasteiger partial charge in [-0.1, -0.05) is 6.07 Å². The molecule has 0 aromatic carbocycles. The molecule has 8 nitrogen and oxygen atoms in total. The molecule has 0 aliphatic heterocycles. The van der Waals surface area contributed by atoms with Crippen molar-refractivity contribution in [3.63, 3.8) is 0 Å². The Morgan fingerprint density at radius 2 is 2.05 bits per heavy atom. The average Bonchev–Trinajstić information content (AvgIpc) is 2.96. The molecule has 0 spiro atoms. The van der Waals surface area contributed by atoms with Crippen LogP contribution in [0.15, 0.2) is 17.5 Å². The zero-order valence-electron chi connectivity index (χ0n) is 10.6. The molecule has 1 aromatic rings.